The largest absolute Gasteiger partial charge is 0 e. The van der Waals surface area contributed by atoms with Crippen LogP contribution in [0.2, 0.25) is 0 Å². The Morgan fingerprint density at radius 3 is 0.413 bits per heavy atom. The van der Waals surface area contributed by atoms with Crippen molar-refractivity contribution in [3.63, 3.8) is 0 Å². The summed E-state index contributed by atoms with van der Waals surface area (Å²) < 4.78 is 118. The monoisotopic (exact) mass is 1200 g/mol. The summed E-state index contributed by atoms with van der Waals surface area (Å²) in [6.45, 7) is 39.8. The van der Waals surface area contributed by atoms with Crippen LogP contribution in [0.4, 0.5) is 50.4 Å². The standard InChI is InChI=1S/3C18H24N2.2F6P.Ru/c3*1-17(2,3)13-7-9-19-15(11-13)16-12-14(8-10-20-16)18(4,5)6;2*1-7(2,3,4,5)6;/h3*7-12H,1-6H3;;;/q;;;2*-1;. The van der Waals surface area contributed by atoms with Gasteiger partial charge in [0.1, 0.15) is 0 Å². The summed E-state index contributed by atoms with van der Waals surface area (Å²) in [4.78, 5) is 26.9. The summed E-state index contributed by atoms with van der Waals surface area (Å²) in [5.41, 5.74) is 14.1. The van der Waals surface area contributed by atoms with Crippen molar-refractivity contribution >= 4 is 15.6 Å². The molecule has 0 aromatic carbocycles. The van der Waals surface area contributed by atoms with Crippen molar-refractivity contribution < 1.29 is 69.8 Å². The average molecular weight is 1200 g/mol. The van der Waals surface area contributed by atoms with Crippen LogP contribution in [0, 0.1) is 0 Å². The first kappa shape index (κ1) is 68.6. The van der Waals surface area contributed by atoms with Crippen LogP contribution >= 0.6 is 15.6 Å². The fourth-order valence-electron chi connectivity index (χ4n) is 6.22. The molecule has 0 spiro atoms. The summed E-state index contributed by atoms with van der Waals surface area (Å²) in [6.07, 6.45) is 11.3. The average Bonchev–Trinajstić information content (AvgIpc) is 3.20. The Morgan fingerprint density at radius 2 is 0.333 bits per heavy atom. The third-order valence-electron chi connectivity index (χ3n) is 10.5. The molecule has 0 aliphatic rings. The molecule has 0 aliphatic heterocycles. The Kier molecular flexibility index (Phi) is 20.2. The number of nitrogens with zero attached hydrogens (tertiary/aromatic N) is 6. The van der Waals surface area contributed by atoms with Crippen LogP contribution in [0.3, 0.4) is 0 Å². The molecule has 0 atom stereocenters. The molecular weight excluding hydrogens is 1120 g/mol. The topological polar surface area (TPSA) is 77.3 Å². The van der Waals surface area contributed by atoms with Gasteiger partial charge in [-0.1, -0.05) is 125 Å². The molecular formula is C54H72F12N6P2Ru-2. The molecule has 0 amide bonds. The van der Waals surface area contributed by atoms with Gasteiger partial charge in [-0.3, -0.25) is 29.9 Å². The van der Waals surface area contributed by atoms with Crippen LogP contribution in [0.1, 0.15) is 158 Å². The number of hydrogen-bond acceptors (Lipinski definition) is 6. The minimum Gasteiger partial charge on any atom is 0 e. The molecule has 0 saturated carbocycles. The predicted octanol–water partition coefficient (Wildman–Crippen LogP) is 21.0. The van der Waals surface area contributed by atoms with Crippen molar-refractivity contribution in [3.05, 3.63) is 143 Å². The normalized spacial score (nSPS) is 14.3. The van der Waals surface area contributed by atoms with E-state index in [0.717, 1.165) is 34.2 Å². The molecule has 6 heterocycles. The van der Waals surface area contributed by atoms with E-state index in [0.29, 0.717) is 0 Å². The van der Waals surface area contributed by atoms with Gasteiger partial charge < -0.3 is 0 Å². The molecule has 21 heteroatoms. The van der Waals surface area contributed by atoms with E-state index >= 15 is 0 Å². The Labute approximate surface area is 448 Å². The number of pyridine rings is 6. The molecule has 6 rings (SSSR count). The van der Waals surface area contributed by atoms with E-state index in [-0.39, 0.29) is 52.0 Å². The molecule has 0 fully saturated rings. The van der Waals surface area contributed by atoms with Crippen molar-refractivity contribution in [2.75, 3.05) is 0 Å². The van der Waals surface area contributed by atoms with Gasteiger partial charge >= 0.3 is 66.0 Å². The first-order chi connectivity index (χ1) is 32.4. The minimum atomic E-state index is -10.7. The number of aromatic nitrogens is 6. The summed E-state index contributed by atoms with van der Waals surface area (Å²) in [5, 5.41) is 0. The Balaban J connectivity index is 0.000000496. The molecule has 6 aromatic heterocycles. The van der Waals surface area contributed by atoms with E-state index in [1.165, 1.54) is 33.4 Å². The summed E-state index contributed by atoms with van der Waals surface area (Å²) in [6, 6.07) is 25.4. The van der Waals surface area contributed by atoms with Gasteiger partial charge in [0.05, 0.1) is 34.2 Å². The molecule has 0 unspecified atom stereocenters. The van der Waals surface area contributed by atoms with Gasteiger partial charge in [-0.2, -0.15) is 0 Å². The van der Waals surface area contributed by atoms with E-state index < -0.39 is 15.6 Å². The van der Waals surface area contributed by atoms with Gasteiger partial charge in [0.25, 0.3) is 0 Å². The Hall–Kier alpha value is -4.46. The summed E-state index contributed by atoms with van der Waals surface area (Å²) in [5.74, 6) is 0. The van der Waals surface area contributed by atoms with Crippen LogP contribution in [0.25, 0.3) is 34.2 Å². The molecule has 6 aromatic rings. The van der Waals surface area contributed by atoms with Gasteiger partial charge in [0.15, 0.2) is 0 Å². The molecule has 0 aliphatic carbocycles. The van der Waals surface area contributed by atoms with Crippen LogP contribution in [-0.4, -0.2) is 29.9 Å². The molecule has 0 N–H and O–H groups in total. The van der Waals surface area contributed by atoms with Gasteiger partial charge in [0, 0.05) is 56.7 Å². The Bertz CT molecular complexity index is 2360. The fraction of sp³-hybridized carbons (Fsp3) is 0.444. The fourth-order valence-corrected chi connectivity index (χ4v) is 6.22. The molecule has 422 valence electrons. The third-order valence-corrected chi connectivity index (χ3v) is 10.5. The van der Waals surface area contributed by atoms with Crippen molar-refractivity contribution in [1.82, 2.24) is 29.9 Å². The molecule has 75 heavy (non-hydrogen) atoms. The first-order valence-electron chi connectivity index (χ1n) is 23.4. The third kappa shape index (κ3) is 29.6. The first-order valence-corrected chi connectivity index (χ1v) is 27.4. The smallest absolute Gasteiger partial charge is 0 e. The second-order valence-corrected chi connectivity index (χ2v) is 27.8. The van der Waals surface area contributed by atoms with Crippen LogP contribution in [0.5, 0.6) is 0 Å². The number of halogens is 12. The number of hydrogen-bond donors (Lipinski definition) is 0. The summed E-state index contributed by atoms with van der Waals surface area (Å²) >= 11 is 0. The second kappa shape index (κ2) is 22.1. The van der Waals surface area contributed by atoms with E-state index in [1.54, 1.807) is 0 Å². The SMILES string of the molecule is CC(C)(C)c1ccnc(-c2cc(C(C)(C)C)ccn2)c1.CC(C)(C)c1ccnc(-c2cc(C(C)(C)C)ccn2)c1.CC(C)(C)c1ccnc(-c2cc(C(C)(C)C)ccn2)c1.F[P-](F)(F)(F)(F)F.F[P-](F)(F)(F)(F)F.[Ru]. The van der Waals surface area contributed by atoms with Gasteiger partial charge in [-0.25, -0.2) is 0 Å². The van der Waals surface area contributed by atoms with E-state index in [9.17, 15) is 50.4 Å². The van der Waals surface area contributed by atoms with Crippen molar-refractivity contribution in [3.8, 4) is 34.2 Å². The minimum absolute atomic E-state index is 0. The van der Waals surface area contributed by atoms with Crippen molar-refractivity contribution in [2.45, 2.75) is 157 Å². The van der Waals surface area contributed by atoms with Crippen LogP contribution in [0.15, 0.2) is 110 Å². The zero-order chi connectivity index (χ0) is 57.7. The van der Waals surface area contributed by atoms with E-state index in [4.69, 9.17) is 0 Å². The van der Waals surface area contributed by atoms with Gasteiger partial charge in [-0.15, -0.1) is 0 Å². The quantitative estimate of drug-likeness (QED) is 0.0998. The second-order valence-electron chi connectivity index (χ2n) is 24.0. The van der Waals surface area contributed by atoms with E-state index in [2.05, 4.69) is 227 Å². The zero-order valence-corrected chi connectivity index (χ0v) is 49.4. The van der Waals surface area contributed by atoms with Crippen LogP contribution in [-0.2, 0) is 52.0 Å². The van der Waals surface area contributed by atoms with E-state index in [1.807, 2.05) is 37.2 Å². The Morgan fingerprint density at radius 1 is 0.240 bits per heavy atom. The summed E-state index contributed by atoms with van der Waals surface area (Å²) in [7, 11) is -21.3. The van der Waals surface area contributed by atoms with Gasteiger partial charge in [-0.05, 0) is 139 Å². The number of rotatable bonds is 3. The molecule has 0 bridgehead atoms. The zero-order valence-electron chi connectivity index (χ0n) is 45.9. The maximum atomic E-state index is 9.87. The van der Waals surface area contributed by atoms with Crippen LogP contribution < -0.4 is 0 Å². The van der Waals surface area contributed by atoms with Crippen molar-refractivity contribution in [1.29, 1.82) is 0 Å². The maximum absolute atomic E-state index is 10.7. The molecule has 0 saturated heterocycles. The van der Waals surface area contributed by atoms with Gasteiger partial charge in [0.2, 0.25) is 0 Å². The maximum Gasteiger partial charge on any atom is 0 e. The van der Waals surface area contributed by atoms with Crippen molar-refractivity contribution in [2.24, 2.45) is 0 Å². The predicted molar refractivity (Wildman–Crippen MR) is 282 cm³/mol. The molecule has 0 radical (unpaired) electrons. The molecule has 6 nitrogen and oxygen atoms in total.